The van der Waals surface area contributed by atoms with Gasteiger partial charge in [0.15, 0.2) is 0 Å². The summed E-state index contributed by atoms with van der Waals surface area (Å²) in [6.07, 6.45) is 1.70. The van der Waals surface area contributed by atoms with E-state index in [-0.39, 0.29) is 22.6 Å². The van der Waals surface area contributed by atoms with Crippen LogP contribution in [0.4, 0.5) is 14.5 Å². The van der Waals surface area contributed by atoms with Crippen molar-refractivity contribution >= 4 is 41.7 Å². The van der Waals surface area contributed by atoms with Crippen LogP contribution in [-0.2, 0) is 16.1 Å². The molecule has 2 aromatic carbocycles. The second-order valence-corrected chi connectivity index (χ2v) is 11.3. The molecule has 0 fully saturated rings. The summed E-state index contributed by atoms with van der Waals surface area (Å²) in [6, 6.07) is 7.24. The van der Waals surface area contributed by atoms with Crippen LogP contribution in [0.2, 0.25) is 10.0 Å². The standard InChI is InChI=1S/C17H16Cl2F2N2O.C6H13NO3.C5H12/c1-10(11-2-3-15(20)13(18)4-11)7-22-8-12-5-16(21)14(19)6-17(12)23-9-24;8-4-6(10)2-1-3-7-5-9;1-5(2,3)4/h2-6,9-10,22H,7-8H2,1H3,(H,23,24);5-6,8,10H,1-4H2,(H,7,9);1-4H3/t;6-;/m.0./s1. The smallest absolute Gasteiger partial charge is 0.211 e. The third-order valence-electron chi connectivity index (χ3n) is 4.79. The zero-order valence-electron chi connectivity index (χ0n) is 23.2. The first-order valence-electron chi connectivity index (χ1n) is 12.5. The summed E-state index contributed by atoms with van der Waals surface area (Å²) in [7, 11) is 0. The molecule has 0 radical (unpaired) electrons. The Kier molecular flexibility index (Phi) is 18.5. The van der Waals surface area contributed by atoms with E-state index in [4.69, 9.17) is 33.4 Å². The van der Waals surface area contributed by atoms with Crippen LogP contribution in [-0.4, -0.2) is 48.8 Å². The molecule has 0 aliphatic carbocycles. The van der Waals surface area contributed by atoms with Crippen LogP contribution in [0.1, 0.15) is 64.5 Å². The summed E-state index contributed by atoms with van der Waals surface area (Å²) < 4.78 is 26.8. The maximum absolute atomic E-state index is 13.6. The number of anilines is 1. The van der Waals surface area contributed by atoms with Gasteiger partial charge in [0.05, 0.1) is 22.8 Å². The van der Waals surface area contributed by atoms with Gasteiger partial charge in [0.1, 0.15) is 11.6 Å². The van der Waals surface area contributed by atoms with Crippen LogP contribution < -0.4 is 16.0 Å². The van der Waals surface area contributed by atoms with Crippen LogP contribution >= 0.6 is 23.2 Å². The summed E-state index contributed by atoms with van der Waals surface area (Å²) in [6.45, 7) is 12.0. The van der Waals surface area contributed by atoms with Gasteiger partial charge in [0.2, 0.25) is 12.8 Å². The summed E-state index contributed by atoms with van der Waals surface area (Å²) in [5.41, 5.74) is 2.41. The van der Waals surface area contributed by atoms with Crippen molar-refractivity contribution in [3.63, 3.8) is 0 Å². The van der Waals surface area contributed by atoms with Gasteiger partial charge in [-0.25, -0.2) is 8.78 Å². The predicted octanol–water partition coefficient (Wildman–Crippen LogP) is 5.65. The number of benzene rings is 2. The van der Waals surface area contributed by atoms with Crippen LogP contribution in [0.15, 0.2) is 30.3 Å². The Bertz CT molecular complexity index is 1000. The van der Waals surface area contributed by atoms with Crippen LogP contribution in [0.25, 0.3) is 0 Å². The van der Waals surface area contributed by atoms with Gasteiger partial charge < -0.3 is 26.2 Å². The first-order valence-corrected chi connectivity index (χ1v) is 13.3. The van der Waals surface area contributed by atoms with Crippen molar-refractivity contribution in [1.29, 1.82) is 0 Å². The number of hydrogen-bond donors (Lipinski definition) is 5. The Morgan fingerprint density at radius 3 is 2.15 bits per heavy atom. The number of carbonyl (C=O) groups is 2. The van der Waals surface area contributed by atoms with E-state index < -0.39 is 17.7 Å². The summed E-state index contributed by atoms with van der Waals surface area (Å²) >= 11 is 11.5. The highest BCUT2D eigenvalue weighted by molar-refractivity contribution is 6.31. The highest BCUT2D eigenvalue weighted by atomic mass is 35.5. The summed E-state index contributed by atoms with van der Waals surface area (Å²) in [4.78, 5) is 20.3. The lowest BCUT2D eigenvalue weighted by Gasteiger charge is -2.15. The van der Waals surface area contributed by atoms with Crippen molar-refractivity contribution in [2.45, 2.75) is 66.0 Å². The number of carbonyl (C=O) groups excluding carboxylic acids is 2. The molecule has 0 aliphatic heterocycles. The first-order chi connectivity index (χ1) is 18.2. The normalized spacial score (nSPS) is 12.2. The monoisotopic (exact) mass is 591 g/mol. The fourth-order valence-electron chi connectivity index (χ4n) is 2.88. The van der Waals surface area contributed by atoms with Gasteiger partial charge in [-0.2, -0.15) is 0 Å². The molecule has 2 atom stereocenters. The van der Waals surface area contributed by atoms with Crippen molar-refractivity contribution < 1.29 is 28.6 Å². The zero-order chi connectivity index (χ0) is 30.0. The lowest BCUT2D eigenvalue weighted by molar-refractivity contribution is -0.109. The predicted molar refractivity (Wildman–Crippen MR) is 154 cm³/mol. The third-order valence-corrected chi connectivity index (χ3v) is 5.37. The van der Waals surface area contributed by atoms with Crippen LogP contribution in [0.5, 0.6) is 0 Å². The highest BCUT2D eigenvalue weighted by Crippen LogP contribution is 2.25. The molecule has 1 unspecified atom stereocenters. The van der Waals surface area contributed by atoms with E-state index in [0.717, 1.165) is 5.56 Å². The largest absolute Gasteiger partial charge is 0.394 e. The Morgan fingerprint density at radius 2 is 1.62 bits per heavy atom. The summed E-state index contributed by atoms with van der Waals surface area (Å²) in [5.74, 6) is -0.937. The second kappa shape index (κ2) is 19.7. The highest BCUT2D eigenvalue weighted by Gasteiger charge is 2.11. The molecule has 0 aliphatic rings. The topological polar surface area (TPSA) is 111 Å². The molecule has 2 rings (SSSR count). The SMILES string of the molecule is CC(C)(C)C.CC(CNCc1cc(F)c(Cl)cc1NC=O)c1ccc(F)c(Cl)c1.O=CNCCC[C@H](O)CO. The number of halogens is 4. The van der Waals surface area contributed by atoms with E-state index in [1.54, 1.807) is 12.1 Å². The average molecular weight is 593 g/mol. The van der Waals surface area contributed by atoms with Gasteiger partial charge in [-0.1, -0.05) is 63.9 Å². The Hall–Kier alpha value is -2.30. The average Bonchev–Trinajstić information content (AvgIpc) is 2.85. The molecule has 0 spiro atoms. The molecule has 11 heteroatoms. The molecule has 7 nitrogen and oxygen atoms in total. The number of nitrogens with one attached hydrogen (secondary N) is 3. The number of amides is 2. The molecule has 220 valence electrons. The van der Waals surface area contributed by atoms with Gasteiger partial charge in [0.25, 0.3) is 0 Å². The summed E-state index contributed by atoms with van der Waals surface area (Å²) in [5, 5.41) is 25.3. The molecule has 5 N–H and O–H groups in total. The zero-order valence-corrected chi connectivity index (χ0v) is 24.7. The van der Waals surface area contributed by atoms with E-state index in [0.29, 0.717) is 62.0 Å². The minimum absolute atomic E-state index is 0.0579. The Labute approximate surface area is 240 Å². The van der Waals surface area contributed by atoms with Crippen LogP contribution in [0.3, 0.4) is 0 Å². The van der Waals surface area contributed by atoms with E-state index in [1.807, 2.05) is 6.92 Å². The lowest BCUT2D eigenvalue weighted by atomic mass is 10.0. The van der Waals surface area contributed by atoms with Gasteiger partial charge in [-0.3, -0.25) is 9.59 Å². The lowest BCUT2D eigenvalue weighted by Crippen LogP contribution is -2.20. The van der Waals surface area contributed by atoms with E-state index in [2.05, 4.69) is 43.6 Å². The van der Waals surface area contributed by atoms with Crippen molar-refractivity contribution in [2.24, 2.45) is 5.41 Å². The Morgan fingerprint density at radius 1 is 1.00 bits per heavy atom. The molecule has 0 aromatic heterocycles. The fraction of sp³-hybridized carbons (Fsp3) is 0.500. The number of rotatable bonds is 13. The molecule has 0 saturated carbocycles. The molecule has 2 amide bonds. The van der Waals surface area contributed by atoms with Crippen molar-refractivity contribution in [1.82, 2.24) is 10.6 Å². The second-order valence-electron chi connectivity index (χ2n) is 10.4. The van der Waals surface area contributed by atoms with E-state index >= 15 is 0 Å². The quantitative estimate of drug-likeness (QED) is 0.153. The van der Waals surface area contributed by atoms with Crippen molar-refractivity contribution in [3.8, 4) is 0 Å². The minimum Gasteiger partial charge on any atom is -0.394 e. The third kappa shape index (κ3) is 17.8. The number of hydrogen-bond acceptors (Lipinski definition) is 5. The number of aliphatic hydroxyl groups is 2. The molecule has 0 saturated heterocycles. The maximum atomic E-state index is 13.6. The molecular weight excluding hydrogens is 551 g/mol. The van der Waals surface area contributed by atoms with Crippen molar-refractivity contribution in [3.05, 3.63) is 63.1 Å². The van der Waals surface area contributed by atoms with Gasteiger partial charge in [-0.15, -0.1) is 0 Å². The van der Waals surface area contributed by atoms with E-state index in [9.17, 15) is 18.4 Å². The van der Waals surface area contributed by atoms with Crippen molar-refractivity contribution in [2.75, 3.05) is 25.0 Å². The van der Waals surface area contributed by atoms with Gasteiger partial charge >= 0.3 is 0 Å². The Balaban J connectivity index is 0.000000796. The molecule has 0 heterocycles. The fourth-order valence-corrected chi connectivity index (χ4v) is 3.23. The van der Waals surface area contributed by atoms with Gasteiger partial charge in [-0.05, 0) is 59.6 Å². The van der Waals surface area contributed by atoms with Crippen LogP contribution in [0, 0.1) is 17.0 Å². The molecular formula is C28H41Cl2F2N3O4. The first kappa shape index (κ1) is 36.7. The number of aliphatic hydroxyl groups excluding tert-OH is 2. The van der Waals surface area contributed by atoms with Gasteiger partial charge in [0, 0.05) is 25.3 Å². The minimum atomic E-state index is -0.645. The maximum Gasteiger partial charge on any atom is 0.211 e. The molecule has 2 aromatic rings. The van der Waals surface area contributed by atoms with E-state index in [1.165, 1.54) is 18.2 Å². The molecule has 39 heavy (non-hydrogen) atoms. The molecule has 0 bridgehead atoms.